The highest BCUT2D eigenvalue weighted by atomic mass is 16.1. The average molecular weight is 278 g/mol. The van der Waals surface area contributed by atoms with Gasteiger partial charge >= 0.3 is 0 Å². The largest absolute Gasteiger partial charge is 0.348 e. The highest BCUT2D eigenvalue weighted by molar-refractivity contribution is 5.98. The quantitative estimate of drug-likeness (QED) is 0.798. The van der Waals surface area contributed by atoms with E-state index < -0.39 is 0 Å². The van der Waals surface area contributed by atoms with Crippen LogP contribution in [0.3, 0.4) is 0 Å². The second-order valence-electron chi connectivity index (χ2n) is 4.73. The fraction of sp³-hybridized carbons (Fsp3) is 0.125. The van der Waals surface area contributed by atoms with Gasteiger partial charge in [-0.3, -0.25) is 19.7 Å². The molecule has 5 nitrogen and oxygen atoms in total. The molecule has 0 spiro atoms. The van der Waals surface area contributed by atoms with Crippen molar-refractivity contribution in [2.45, 2.75) is 13.5 Å². The molecule has 0 saturated heterocycles. The molecule has 0 unspecified atom stereocenters. The summed E-state index contributed by atoms with van der Waals surface area (Å²) in [5.74, 6) is -0.137. The van der Waals surface area contributed by atoms with Crippen molar-refractivity contribution in [2.24, 2.45) is 0 Å². The number of pyridine rings is 3. The standard InChI is InChI=1S/C16H14N4O/c1-11-14(8-13-10-18-7-4-15(13)20-11)16(21)19-9-12-2-5-17-6-3-12/h2-8,10H,9H2,1H3,(H,19,21). The summed E-state index contributed by atoms with van der Waals surface area (Å²) in [6, 6.07) is 7.40. The second kappa shape index (κ2) is 5.66. The molecule has 1 N–H and O–H groups in total. The van der Waals surface area contributed by atoms with Crippen molar-refractivity contribution < 1.29 is 4.79 Å². The number of nitrogens with one attached hydrogen (secondary N) is 1. The Balaban J connectivity index is 1.82. The van der Waals surface area contributed by atoms with Crippen LogP contribution in [0.25, 0.3) is 10.9 Å². The molecule has 5 heteroatoms. The normalized spacial score (nSPS) is 10.5. The SMILES string of the molecule is Cc1nc2ccncc2cc1C(=O)NCc1ccncc1. The minimum Gasteiger partial charge on any atom is -0.348 e. The number of aromatic nitrogens is 3. The topological polar surface area (TPSA) is 67.8 Å². The molecular formula is C16H14N4O. The van der Waals surface area contributed by atoms with Gasteiger partial charge in [0.25, 0.3) is 5.91 Å². The molecule has 0 aliphatic carbocycles. The molecule has 1 amide bonds. The van der Waals surface area contributed by atoms with Crippen LogP contribution in [-0.4, -0.2) is 20.9 Å². The van der Waals surface area contributed by atoms with Gasteiger partial charge in [0.05, 0.1) is 16.8 Å². The summed E-state index contributed by atoms with van der Waals surface area (Å²) in [5, 5.41) is 3.75. The molecule has 21 heavy (non-hydrogen) atoms. The zero-order valence-corrected chi connectivity index (χ0v) is 11.6. The summed E-state index contributed by atoms with van der Waals surface area (Å²) in [7, 11) is 0. The fourth-order valence-electron chi connectivity index (χ4n) is 2.12. The van der Waals surface area contributed by atoms with Crippen molar-refractivity contribution in [3.05, 3.63) is 65.9 Å². The van der Waals surface area contributed by atoms with E-state index in [1.807, 2.05) is 31.2 Å². The van der Waals surface area contributed by atoms with E-state index >= 15 is 0 Å². The zero-order valence-electron chi connectivity index (χ0n) is 11.6. The number of nitrogens with zero attached hydrogens (tertiary/aromatic N) is 3. The van der Waals surface area contributed by atoms with Gasteiger partial charge in [-0.25, -0.2) is 0 Å². The Labute approximate surface area is 122 Å². The predicted molar refractivity (Wildman–Crippen MR) is 79.7 cm³/mol. The predicted octanol–water partition coefficient (Wildman–Crippen LogP) is 2.26. The molecule has 104 valence electrons. The van der Waals surface area contributed by atoms with E-state index in [0.717, 1.165) is 16.5 Å². The summed E-state index contributed by atoms with van der Waals surface area (Å²) in [6.45, 7) is 2.30. The molecule has 0 aliphatic heterocycles. The van der Waals surface area contributed by atoms with Crippen LogP contribution in [0.1, 0.15) is 21.6 Å². The molecule has 3 aromatic heterocycles. The molecular weight excluding hydrogens is 264 g/mol. The maximum absolute atomic E-state index is 12.3. The summed E-state index contributed by atoms with van der Waals surface area (Å²) in [6.07, 6.45) is 6.81. The third-order valence-electron chi connectivity index (χ3n) is 3.25. The van der Waals surface area contributed by atoms with Gasteiger partial charge in [-0.05, 0) is 36.8 Å². The average Bonchev–Trinajstić information content (AvgIpc) is 2.53. The molecule has 0 aliphatic rings. The lowest BCUT2D eigenvalue weighted by Gasteiger charge is -2.08. The van der Waals surface area contributed by atoms with Crippen LogP contribution in [0.5, 0.6) is 0 Å². The van der Waals surface area contributed by atoms with Crippen molar-refractivity contribution in [3.63, 3.8) is 0 Å². The maximum Gasteiger partial charge on any atom is 0.253 e. The van der Waals surface area contributed by atoms with Gasteiger partial charge in [-0.2, -0.15) is 0 Å². The van der Waals surface area contributed by atoms with Crippen molar-refractivity contribution in [2.75, 3.05) is 0 Å². The van der Waals surface area contributed by atoms with E-state index in [9.17, 15) is 4.79 Å². The number of fused-ring (bicyclic) bond motifs is 1. The van der Waals surface area contributed by atoms with Crippen molar-refractivity contribution in [1.29, 1.82) is 0 Å². The minimum absolute atomic E-state index is 0.137. The van der Waals surface area contributed by atoms with Crippen LogP contribution in [0.15, 0.2) is 49.1 Å². The Bertz CT molecular complexity index is 787. The maximum atomic E-state index is 12.3. The lowest BCUT2D eigenvalue weighted by atomic mass is 10.1. The Kier molecular flexibility index (Phi) is 3.55. The van der Waals surface area contributed by atoms with Crippen LogP contribution >= 0.6 is 0 Å². The van der Waals surface area contributed by atoms with E-state index in [0.29, 0.717) is 17.8 Å². The van der Waals surface area contributed by atoms with Gasteiger partial charge in [-0.1, -0.05) is 0 Å². The van der Waals surface area contributed by atoms with Gasteiger partial charge in [0, 0.05) is 36.7 Å². The van der Waals surface area contributed by atoms with Gasteiger partial charge in [0.2, 0.25) is 0 Å². The third kappa shape index (κ3) is 2.86. The summed E-state index contributed by atoms with van der Waals surface area (Å²) >= 11 is 0. The second-order valence-corrected chi connectivity index (χ2v) is 4.73. The minimum atomic E-state index is -0.137. The number of carbonyl (C=O) groups is 1. The zero-order chi connectivity index (χ0) is 14.7. The lowest BCUT2D eigenvalue weighted by molar-refractivity contribution is 0.0950. The molecule has 0 radical (unpaired) electrons. The van der Waals surface area contributed by atoms with Gasteiger partial charge in [0.15, 0.2) is 0 Å². The third-order valence-corrected chi connectivity index (χ3v) is 3.25. The van der Waals surface area contributed by atoms with Crippen molar-refractivity contribution in [3.8, 4) is 0 Å². The fourth-order valence-corrected chi connectivity index (χ4v) is 2.12. The Morgan fingerprint density at radius 2 is 1.90 bits per heavy atom. The van der Waals surface area contributed by atoms with E-state index in [4.69, 9.17) is 0 Å². The first-order valence-corrected chi connectivity index (χ1v) is 6.62. The Morgan fingerprint density at radius 3 is 2.71 bits per heavy atom. The summed E-state index contributed by atoms with van der Waals surface area (Å²) < 4.78 is 0. The molecule has 3 heterocycles. The van der Waals surface area contributed by atoms with Gasteiger partial charge in [-0.15, -0.1) is 0 Å². The van der Waals surface area contributed by atoms with E-state index in [2.05, 4.69) is 20.3 Å². The first-order chi connectivity index (χ1) is 10.2. The number of hydrogen-bond donors (Lipinski definition) is 1. The lowest BCUT2D eigenvalue weighted by Crippen LogP contribution is -2.24. The van der Waals surface area contributed by atoms with Crippen LogP contribution in [0.4, 0.5) is 0 Å². The van der Waals surface area contributed by atoms with E-state index in [1.54, 1.807) is 24.8 Å². The van der Waals surface area contributed by atoms with Gasteiger partial charge < -0.3 is 5.32 Å². The van der Waals surface area contributed by atoms with E-state index in [-0.39, 0.29) is 5.91 Å². The highest BCUT2D eigenvalue weighted by Crippen LogP contribution is 2.15. The first kappa shape index (κ1) is 13.2. The number of carbonyl (C=O) groups excluding carboxylic acids is 1. The smallest absolute Gasteiger partial charge is 0.253 e. The van der Waals surface area contributed by atoms with Crippen LogP contribution < -0.4 is 5.32 Å². The molecule has 0 saturated carbocycles. The molecule has 0 fully saturated rings. The number of rotatable bonds is 3. The molecule has 0 bridgehead atoms. The van der Waals surface area contributed by atoms with Crippen molar-refractivity contribution >= 4 is 16.8 Å². The van der Waals surface area contributed by atoms with Crippen molar-refractivity contribution in [1.82, 2.24) is 20.3 Å². The van der Waals surface area contributed by atoms with E-state index in [1.165, 1.54) is 0 Å². The Morgan fingerprint density at radius 1 is 1.14 bits per heavy atom. The molecule has 0 atom stereocenters. The summed E-state index contributed by atoms with van der Waals surface area (Å²) in [5.41, 5.74) is 3.13. The number of amides is 1. The summed E-state index contributed by atoms with van der Waals surface area (Å²) in [4.78, 5) is 24.7. The van der Waals surface area contributed by atoms with Crippen LogP contribution in [0, 0.1) is 6.92 Å². The number of aryl methyl sites for hydroxylation is 1. The van der Waals surface area contributed by atoms with Crippen LogP contribution in [0.2, 0.25) is 0 Å². The molecule has 3 aromatic rings. The van der Waals surface area contributed by atoms with Gasteiger partial charge in [0.1, 0.15) is 0 Å². The van der Waals surface area contributed by atoms with Crippen LogP contribution in [-0.2, 0) is 6.54 Å². The number of hydrogen-bond acceptors (Lipinski definition) is 4. The monoisotopic (exact) mass is 278 g/mol. The first-order valence-electron chi connectivity index (χ1n) is 6.62. The highest BCUT2D eigenvalue weighted by Gasteiger charge is 2.11. The molecule has 3 rings (SSSR count). The Hall–Kier alpha value is -2.82. The molecule has 0 aromatic carbocycles.